The van der Waals surface area contributed by atoms with Crippen LogP contribution < -0.4 is 10.0 Å². The number of benzene rings is 2. The normalized spacial score (nSPS) is 17.0. The third kappa shape index (κ3) is 7.47. The lowest BCUT2D eigenvalue weighted by Gasteiger charge is -2.32. The van der Waals surface area contributed by atoms with Gasteiger partial charge in [0.05, 0.1) is 16.1 Å². The Bertz CT molecular complexity index is 1390. The molecule has 7 nitrogen and oxygen atoms in total. The number of amides is 1. The van der Waals surface area contributed by atoms with Crippen molar-refractivity contribution in [2.75, 3.05) is 19.8 Å². The van der Waals surface area contributed by atoms with Crippen LogP contribution in [0.1, 0.15) is 82.8 Å². The second kappa shape index (κ2) is 13.2. The molecule has 0 aliphatic carbocycles. The van der Waals surface area contributed by atoms with Crippen LogP contribution in [0.5, 0.6) is 0 Å². The van der Waals surface area contributed by atoms with Gasteiger partial charge in [0.2, 0.25) is 0 Å². The van der Waals surface area contributed by atoms with E-state index in [2.05, 4.69) is 34.5 Å². The van der Waals surface area contributed by atoms with Crippen LogP contribution in [0.25, 0.3) is 22.0 Å². The highest BCUT2D eigenvalue weighted by atomic mass is 32.2. The molecule has 0 bridgehead atoms. The maximum atomic E-state index is 13.6. The Balaban J connectivity index is 1.78. The summed E-state index contributed by atoms with van der Waals surface area (Å²) in [6.07, 6.45) is 4.29. The molecular weight excluding hydrogens is 534 g/mol. The minimum Gasteiger partial charge on any atom is -0.388 e. The molecule has 1 saturated heterocycles. The van der Waals surface area contributed by atoms with E-state index in [0.29, 0.717) is 37.5 Å². The van der Waals surface area contributed by atoms with Crippen LogP contribution >= 0.6 is 0 Å². The summed E-state index contributed by atoms with van der Waals surface area (Å²) >= 11 is 0. The summed E-state index contributed by atoms with van der Waals surface area (Å²) in [6, 6.07) is 14.0. The van der Waals surface area contributed by atoms with Gasteiger partial charge in [0.15, 0.2) is 0 Å². The van der Waals surface area contributed by atoms with E-state index in [1.807, 2.05) is 64.1 Å². The van der Waals surface area contributed by atoms with E-state index < -0.39 is 16.6 Å². The SMILES string of the molecule is CCCC(CC)Cn1c(-c2ccc(S(=O)NC(C)(C)C)c3ccccc23)cc(C(=O)NCC2(O)CCOCC2)c1C. The Kier molecular flexibility index (Phi) is 10.1. The van der Waals surface area contributed by atoms with Gasteiger partial charge in [-0.1, -0.05) is 57.0 Å². The summed E-state index contributed by atoms with van der Waals surface area (Å²) in [5, 5.41) is 15.9. The number of fused-ring (bicyclic) bond motifs is 1. The van der Waals surface area contributed by atoms with E-state index in [1.54, 1.807) is 0 Å². The van der Waals surface area contributed by atoms with Crippen LogP contribution in [0.15, 0.2) is 47.4 Å². The molecular formula is C33H47N3O4S. The van der Waals surface area contributed by atoms with Crippen LogP contribution in [0.3, 0.4) is 0 Å². The zero-order valence-electron chi connectivity index (χ0n) is 25.5. The van der Waals surface area contributed by atoms with Crippen LogP contribution in [0.2, 0.25) is 0 Å². The molecule has 4 rings (SSSR count). The van der Waals surface area contributed by atoms with Crippen molar-refractivity contribution in [2.45, 2.75) is 96.2 Å². The molecule has 1 aliphatic heterocycles. The number of rotatable bonds is 11. The van der Waals surface area contributed by atoms with Gasteiger partial charge in [-0.3, -0.25) is 4.79 Å². The van der Waals surface area contributed by atoms with Gasteiger partial charge in [-0.15, -0.1) is 0 Å². The zero-order chi connectivity index (χ0) is 29.8. The standard InChI is InChI=1S/C33H47N3O4S/c1-7-11-24(8-2)21-36-23(3)28(31(37)34-22-33(38)16-18-40-19-17-33)20-29(36)26-14-15-30(41(39)35-32(4,5)6)27-13-10-9-12-25(26)27/h9-10,12-15,20,24,35,38H,7-8,11,16-19,21-22H2,1-6H3,(H,34,37). The molecule has 224 valence electrons. The van der Waals surface area contributed by atoms with Gasteiger partial charge in [0, 0.05) is 61.6 Å². The average Bonchev–Trinajstić information content (AvgIpc) is 3.25. The zero-order valence-corrected chi connectivity index (χ0v) is 26.3. The van der Waals surface area contributed by atoms with Crippen LogP contribution in [0, 0.1) is 12.8 Å². The maximum Gasteiger partial charge on any atom is 0.253 e. The Morgan fingerprint density at radius 2 is 1.80 bits per heavy atom. The lowest BCUT2D eigenvalue weighted by Crippen LogP contribution is -2.46. The molecule has 1 amide bonds. The predicted molar refractivity (Wildman–Crippen MR) is 167 cm³/mol. The highest BCUT2D eigenvalue weighted by molar-refractivity contribution is 7.83. The van der Waals surface area contributed by atoms with Crippen LogP contribution in [0.4, 0.5) is 0 Å². The van der Waals surface area contributed by atoms with Crippen molar-refractivity contribution < 1.29 is 18.8 Å². The van der Waals surface area contributed by atoms with E-state index in [-0.39, 0.29) is 18.0 Å². The molecule has 2 unspecified atom stereocenters. The molecule has 0 spiro atoms. The molecule has 41 heavy (non-hydrogen) atoms. The first kappa shape index (κ1) is 31.4. The summed E-state index contributed by atoms with van der Waals surface area (Å²) in [5.74, 6) is 0.306. The lowest BCUT2D eigenvalue weighted by atomic mass is 9.94. The van der Waals surface area contributed by atoms with Crippen molar-refractivity contribution in [3.8, 4) is 11.3 Å². The van der Waals surface area contributed by atoms with Crippen molar-refractivity contribution in [3.05, 3.63) is 53.7 Å². The van der Waals surface area contributed by atoms with Gasteiger partial charge in [-0.25, -0.2) is 8.93 Å². The van der Waals surface area contributed by atoms with Crippen LogP contribution in [-0.4, -0.2) is 50.7 Å². The largest absolute Gasteiger partial charge is 0.388 e. The van der Waals surface area contributed by atoms with Gasteiger partial charge >= 0.3 is 0 Å². The predicted octanol–water partition coefficient (Wildman–Crippen LogP) is 6.13. The van der Waals surface area contributed by atoms with Crippen LogP contribution in [-0.2, 0) is 22.3 Å². The topological polar surface area (TPSA) is 92.6 Å². The summed E-state index contributed by atoms with van der Waals surface area (Å²) in [7, 11) is -1.38. The summed E-state index contributed by atoms with van der Waals surface area (Å²) in [4.78, 5) is 14.3. The Morgan fingerprint density at radius 3 is 2.44 bits per heavy atom. The van der Waals surface area contributed by atoms with Crippen molar-refractivity contribution in [1.29, 1.82) is 0 Å². The second-order valence-electron chi connectivity index (χ2n) is 12.5. The van der Waals surface area contributed by atoms with E-state index >= 15 is 0 Å². The highest BCUT2D eigenvalue weighted by Crippen LogP contribution is 2.36. The van der Waals surface area contributed by atoms with E-state index in [9.17, 15) is 14.1 Å². The first-order valence-corrected chi connectivity index (χ1v) is 16.1. The summed E-state index contributed by atoms with van der Waals surface area (Å²) in [5.41, 5.74) is 2.28. The van der Waals surface area contributed by atoms with Gasteiger partial charge in [0.25, 0.3) is 5.91 Å². The molecule has 1 aromatic heterocycles. The number of aromatic nitrogens is 1. The van der Waals surface area contributed by atoms with Crippen molar-refractivity contribution >= 4 is 27.7 Å². The number of nitrogens with one attached hydrogen (secondary N) is 2. The van der Waals surface area contributed by atoms with Gasteiger partial charge in [-0.05, 0) is 62.9 Å². The maximum absolute atomic E-state index is 13.6. The first-order chi connectivity index (χ1) is 19.5. The minimum absolute atomic E-state index is 0.178. The number of carbonyl (C=O) groups is 1. The van der Waals surface area contributed by atoms with E-state index in [4.69, 9.17) is 4.74 Å². The van der Waals surface area contributed by atoms with Crippen molar-refractivity contribution in [1.82, 2.24) is 14.6 Å². The molecule has 1 fully saturated rings. The van der Waals surface area contributed by atoms with Gasteiger partial charge in [0.1, 0.15) is 11.0 Å². The number of nitrogens with zero attached hydrogens (tertiary/aromatic N) is 1. The summed E-state index contributed by atoms with van der Waals surface area (Å²) in [6.45, 7) is 14.5. The first-order valence-electron chi connectivity index (χ1n) is 15.0. The fraction of sp³-hybridized carbons (Fsp3) is 0.545. The van der Waals surface area contributed by atoms with E-state index in [0.717, 1.165) is 58.4 Å². The monoisotopic (exact) mass is 581 g/mol. The average molecular weight is 582 g/mol. The Morgan fingerprint density at radius 1 is 1.12 bits per heavy atom. The second-order valence-corrected chi connectivity index (χ2v) is 13.7. The number of carbonyl (C=O) groups excluding carboxylic acids is 1. The fourth-order valence-corrected chi connectivity index (χ4v) is 6.92. The molecule has 0 saturated carbocycles. The quantitative estimate of drug-likeness (QED) is 0.254. The molecule has 2 aromatic carbocycles. The Labute approximate surface area is 247 Å². The molecule has 8 heteroatoms. The lowest BCUT2D eigenvalue weighted by molar-refractivity contribution is -0.0605. The molecule has 2 heterocycles. The third-order valence-electron chi connectivity index (χ3n) is 8.09. The van der Waals surface area contributed by atoms with E-state index in [1.165, 1.54) is 0 Å². The van der Waals surface area contributed by atoms with Crippen molar-refractivity contribution in [3.63, 3.8) is 0 Å². The highest BCUT2D eigenvalue weighted by Gasteiger charge is 2.31. The molecule has 3 aromatic rings. The molecule has 1 aliphatic rings. The molecule has 2 atom stereocenters. The number of aliphatic hydroxyl groups is 1. The number of hydrogen-bond acceptors (Lipinski definition) is 4. The Hall–Kier alpha value is -2.52. The smallest absolute Gasteiger partial charge is 0.253 e. The van der Waals surface area contributed by atoms with Gasteiger partial charge in [-0.2, -0.15) is 0 Å². The van der Waals surface area contributed by atoms with Crippen molar-refractivity contribution in [2.24, 2.45) is 5.92 Å². The molecule has 0 radical (unpaired) electrons. The third-order valence-corrected chi connectivity index (χ3v) is 9.64. The number of hydrogen-bond donors (Lipinski definition) is 3. The molecule has 3 N–H and O–H groups in total. The number of ether oxygens (including phenoxy) is 1. The fourth-order valence-electron chi connectivity index (χ4n) is 5.68. The summed E-state index contributed by atoms with van der Waals surface area (Å²) < 4.78 is 24.2. The minimum atomic E-state index is -1.38. The van der Waals surface area contributed by atoms with Gasteiger partial charge < -0.3 is 19.7 Å².